The average Bonchev–Trinajstić information content (AvgIpc) is 2.86. The molecule has 0 spiro atoms. The highest BCUT2D eigenvalue weighted by molar-refractivity contribution is 5.94. The zero-order valence-electron chi connectivity index (χ0n) is 11.8. The Morgan fingerprint density at radius 2 is 1.95 bits per heavy atom. The van der Waals surface area contributed by atoms with E-state index in [0.717, 1.165) is 29.7 Å². The number of hydrogen-bond donors (Lipinski definition) is 2. The molecule has 0 aromatic heterocycles. The Bertz CT molecular complexity index is 732. The summed E-state index contributed by atoms with van der Waals surface area (Å²) in [6.45, 7) is 0.0296. The molecule has 22 heavy (non-hydrogen) atoms. The SMILES string of the molecule is O=C(NCC1(O)CCc2ccccc21)c1ccc(F)c(F)c1. The van der Waals surface area contributed by atoms with Crippen molar-refractivity contribution in [2.24, 2.45) is 0 Å². The monoisotopic (exact) mass is 303 g/mol. The number of hydrogen-bond acceptors (Lipinski definition) is 2. The molecule has 2 aromatic rings. The number of amides is 1. The lowest BCUT2D eigenvalue weighted by atomic mass is 9.96. The number of aliphatic hydroxyl groups is 1. The van der Waals surface area contributed by atoms with Gasteiger partial charge in [0.1, 0.15) is 5.60 Å². The first-order valence-electron chi connectivity index (χ1n) is 7.04. The minimum atomic E-state index is -1.12. The van der Waals surface area contributed by atoms with Gasteiger partial charge in [-0.3, -0.25) is 4.79 Å². The lowest BCUT2D eigenvalue weighted by Crippen LogP contribution is -2.39. The molecule has 0 saturated heterocycles. The fraction of sp³-hybridized carbons (Fsp3) is 0.235. The van der Waals surface area contributed by atoms with Gasteiger partial charge in [-0.1, -0.05) is 24.3 Å². The summed E-state index contributed by atoms with van der Waals surface area (Å²) in [5, 5.41) is 13.3. The number of carbonyl (C=O) groups is 1. The molecule has 1 aliphatic carbocycles. The quantitative estimate of drug-likeness (QED) is 0.915. The molecule has 0 bridgehead atoms. The van der Waals surface area contributed by atoms with Crippen LogP contribution in [0.15, 0.2) is 42.5 Å². The summed E-state index contributed by atoms with van der Waals surface area (Å²) in [5.41, 5.74) is 0.770. The standard InChI is InChI=1S/C17H15F2NO2/c18-14-6-5-12(9-15(14)19)16(21)20-10-17(22)8-7-11-3-1-2-4-13(11)17/h1-6,9,22H,7-8,10H2,(H,20,21). The van der Waals surface area contributed by atoms with Gasteiger partial charge in [-0.05, 0) is 42.2 Å². The molecule has 2 N–H and O–H groups in total. The molecule has 0 fully saturated rings. The Labute approximate surface area is 126 Å². The van der Waals surface area contributed by atoms with Crippen molar-refractivity contribution in [3.8, 4) is 0 Å². The molecule has 1 unspecified atom stereocenters. The Kier molecular flexibility index (Phi) is 3.66. The molecule has 0 radical (unpaired) electrons. The first kappa shape index (κ1) is 14.7. The Hall–Kier alpha value is -2.27. The normalized spacial score (nSPS) is 19.8. The van der Waals surface area contributed by atoms with Crippen molar-refractivity contribution in [2.45, 2.75) is 18.4 Å². The third-order valence-corrected chi connectivity index (χ3v) is 4.05. The molecular formula is C17H15F2NO2. The number of nitrogens with one attached hydrogen (secondary N) is 1. The van der Waals surface area contributed by atoms with Crippen LogP contribution >= 0.6 is 0 Å². The summed E-state index contributed by atoms with van der Waals surface area (Å²) in [4.78, 5) is 12.0. The van der Waals surface area contributed by atoms with E-state index in [0.29, 0.717) is 6.42 Å². The molecule has 0 heterocycles. The zero-order valence-corrected chi connectivity index (χ0v) is 11.8. The lowest BCUT2D eigenvalue weighted by Gasteiger charge is -2.24. The van der Waals surface area contributed by atoms with E-state index in [-0.39, 0.29) is 12.1 Å². The fourth-order valence-electron chi connectivity index (χ4n) is 2.82. The number of benzene rings is 2. The van der Waals surface area contributed by atoms with Gasteiger partial charge in [0, 0.05) is 5.56 Å². The van der Waals surface area contributed by atoms with Crippen LogP contribution in [-0.4, -0.2) is 17.6 Å². The Morgan fingerprint density at radius 1 is 1.18 bits per heavy atom. The van der Waals surface area contributed by atoms with E-state index in [1.807, 2.05) is 24.3 Å². The van der Waals surface area contributed by atoms with Crippen molar-refractivity contribution in [2.75, 3.05) is 6.54 Å². The van der Waals surface area contributed by atoms with Crippen molar-refractivity contribution < 1.29 is 18.7 Å². The van der Waals surface area contributed by atoms with Crippen LogP contribution < -0.4 is 5.32 Å². The van der Waals surface area contributed by atoms with E-state index < -0.39 is 23.1 Å². The molecule has 0 aliphatic heterocycles. The first-order valence-corrected chi connectivity index (χ1v) is 7.04. The molecular weight excluding hydrogens is 288 g/mol. The van der Waals surface area contributed by atoms with Crippen LogP contribution in [-0.2, 0) is 12.0 Å². The maximum Gasteiger partial charge on any atom is 0.251 e. The van der Waals surface area contributed by atoms with Crippen LogP contribution in [0.2, 0.25) is 0 Å². The van der Waals surface area contributed by atoms with Crippen LogP contribution in [0.4, 0.5) is 8.78 Å². The summed E-state index contributed by atoms with van der Waals surface area (Å²) in [5.74, 6) is -2.62. The molecule has 1 atom stereocenters. The smallest absolute Gasteiger partial charge is 0.251 e. The topological polar surface area (TPSA) is 49.3 Å². The van der Waals surface area contributed by atoms with Crippen LogP contribution in [0.25, 0.3) is 0 Å². The minimum absolute atomic E-state index is 0.0220. The minimum Gasteiger partial charge on any atom is -0.383 e. The molecule has 2 aromatic carbocycles. The van der Waals surface area contributed by atoms with Gasteiger partial charge in [0.05, 0.1) is 6.54 Å². The molecule has 1 amide bonds. The third-order valence-electron chi connectivity index (χ3n) is 4.05. The maximum atomic E-state index is 13.1. The second-order valence-corrected chi connectivity index (χ2v) is 5.50. The number of halogens is 2. The van der Waals surface area contributed by atoms with E-state index >= 15 is 0 Å². The summed E-state index contributed by atoms with van der Waals surface area (Å²) in [6.07, 6.45) is 1.26. The summed E-state index contributed by atoms with van der Waals surface area (Å²) < 4.78 is 26.0. The van der Waals surface area contributed by atoms with Gasteiger partial charge in [-0.15, -0.1) is 0 Å². The van der Waals surface area contributed by atoms with Crippen molar-refractivity contribution in [1.29, 1.82) is 0 Å². The van der Waals surface area contributed by atoms with Crippen LogP contribution in [0.5, 0.6) is 0 Å². The van der Waals surface area contributed by atoms with Gasteiger partial charge >= 0.3 is 0 Å². The highest BCUT2D eigenvalue weighted by Gasteiger charge is 2.36. The lowest BCUT2D eigenvalue weighted by molar-refractivity contribution is 0.0369. The molecule has 5 heteroatoms. The van der Waals surface area contributed by atoms with Crippen molar-refractivity contribution in [1.82, 2.24) is 5.32 Å². The maximum absolute atomic E-state index is 13.1. The zero-order chi connectivity index (χ0) is 15.7. The molecule has 0 saturated carbocycles. The number of fused-ring (bicyclic) bond motifs is 1. The third kappa shape index (κ3) is 2.60. The van der Waals surface area contributed by atoms with Gasteiger partial charge in [0.25, 0.3) is 5.91 Å². The van der Waals surface area contributed by atoms with Gasteiger partial charge < -0.3 is 10.4 Å². The fourth-order valence-corrected chi connectivity index (χ4v) is 2.82. The summed E-state index contributed by atoms with van der Waals surface area (Å²) >= 11 is 0. The summed E-state index contributed by atoms with van der Waals surface area (Å²) in [6, 6.07) is 10.5. The second-order valence-electron chi connectivity index (χ2n) is 5.50. The van der Waals surface area contributed by atoms with Crippen molar-refractivity contribution in [3.63, 3.8) is 0 Å². The van der Waals surface area contributed by atoms with Gasteiger partial charge in [0.2, 0.25) is 0 Å². The second kappa shape index (κ2) is 5.50. The Balaban J connectivity index is 1.72. The molecule has 114 valence electrons. The largest absolute Gasteiger partial charge is 0.383 e. The Morgan fingerprint density at radius 3 is 2.73 bits per heavy atom. The predicted molar refractivity (Wildman–Crippen MR) is 77.4 cm³/mol. The van der Waals surface area contributed by atoms with E-state index in [1.54, 1.807) is 0 Å². The van der Waals surface area contributed by atoms with E-state index in [9.17, 15) is 18.7 Å². The average molecular weight is 303 g/mol. The molecule has 3 rings (SSSR count). The molecule has 1 aliphatic rings. The number of carbonyl (C=O) groups excluding carboxylic acids is 1. The van der Waals surface area contributed by atoms with Crippen LogP contribution in [0, 0.1) is 11.6 Å². The molecule has 3 nitrogen and oxygen atoms in total. The van der Waals surface area contributed by atoms with Gasteiger partial charge in [-0.25, -0.2) is 8.78 Å². The van der Waals surface area contributed by atoms with E-state index in [4.69, 9.17) is 0 Å². The van der Waals surface area contributed by atoms with Gasteiger partial charge in [-0.2, -0.15) is 0 Å². The summed E-state index contributed by atoms with van der Waals surface area (Å²) in [7, 11) is 0. The van der Waals surface area contributed by atoms with Crippen LogP contribution in [0.1, 0.15) is 27.9 Å². The van der Waals surface area contributed by atoms with Gasteiger partial charge in [0.15, 0.2) is 11.6 Å². The number of rotatable bonds is 3. The van der Waals surface area contributed by atoms with Crippen LogP contribution in [0.3, 0.4) is 0 Å². The highest BCUT2D eigenvalue weighted by Crippen LogP contribution is 2.36. The van der Waals surface area contributed by atoms with Crippen molar-refractivity contribution >= 4 is 5.91 Å². The predicted octanol–water partition coefficient (Wildman–Crippen LogP) is 2.53. The van der Waals surface area contributed by atoms with E-state index in [2.05, 4.69) is 5.32 Å². The van der Waals surface area contributed by atoms with Crippen molar-refractivity contribution in [3.05, 3.63) is 70.8 Å². The number of aryl methyl sites for hydroxylation is 1. The van der Waals surface area contributed by atoms with E-state index in [1.165, 1.54) is 6.07 Å². The highest BCUT2D eigenvalue weighted by atomic mass is 19.2. The first-order chi connectivity index (χ1) is 10.5.